The van der Waals surface area contributed by atoms with Crippen LogP contribution in [-0.2, 0) is 0 Å². The Kier molecular flexibility index (Phi) is 3.94. The van der Waals surface area contributed by atoms with Crippen LogP contribution in [0.3, 0.4) is 0 Å². The van der Waals surface area contributed by atoms with Gasteiger partial charge < -0.3 is 15.8 Å². The van der Waals surface area contributed by atoms with Crippen LogP contribution >= 0.6 is 0 Å². The zero-order chi connectivity index (χ0) is 14.7. The second kappa shape index (κ2) is 5.65. The molecule has 0 unspecified atom stereocenters. The van der Waals surface area contributed by atoms with E-state index < -0.39 is 0 Å². The second-order valence-electron chi connectivity index (χ2n) is 4.73. The van der Waals surface area contributed by atoms with Crippen molar-refractivity contribution in [1.29, 1.82) is 0 Å². The predicted molar refractivity (Wildman–Crippen MR) is 81.3 cm³/mol. The lowest BCUT2D eigenvalue weighted by Crippen LogP contribution is -2.15. The first-order valence-corrected chi connectivity index (χ1v) is 6.33. The van der Waals surface area contributed by atoms with E-state index in [1.54, 1.807) is 19.2 Å². The highest BCUT2D eigenvalue weighted by atomic mass is 16.5. The van der Waals surface area contributed by atoms with Gasteiger partial charge in [-0.25, -0.2) is 0 Å². The van der Waals surface area contributed by atoms with Gasteiger partial charge in [0.25, 0.3) is 5.91 Å². The van der Waals surface area contributed by atoms with Crippen LogP contribution in [0.2, 0.25) is 0 Å². The fourth-order valence-electron chi connectivity index (χ4n) is 1.96. The summed E-state index contributed by atoms with van der Waals surface area (Å²) in [7, 11) is 1.61. The van der Waals surface area contributed by atoms with E-state index >= 15 is 0 Å². The molecule has 4 heteroatoms. The summed E-state index contributed by atoms with van der Waals surface area (Å²) < 4.78 is 5.14. The molecule has 0 fully saturated rings. The monoisotopic (exact) mass is 270 g/mol. The summed E-state index contributed by atoms with van der Waals surface area (Å²) in [4.78, 5) is 12.3. The number of nitrogen functional groups attached to an aromatic ring is 1. The average molecular weight is 270 g/mol. The number of nitrogens with one attached hydrogen (secondary N) is 1. The van der Waals surface area contributed by atoms with Crippen LogP contribution < -0.4 is 15.8 Å². The van der Waals surface area contributed by atoms with Gasteiger partial charge in [-0.05, 0) is 49.7 Å². The highest BCUT2D eigenvalue weighted by molar-refractivity contribution is 6.08. The minimum absolute atomic E-state index is 0.209. The van der Waals surface area contributed by atoms with Crippen molar-refractivity contribution in [3.63, 3.8) is 0 Å². The normalized spacial score (nSPS) is 10.2. The van der Waals surface area contributed by atoms with Crippen molar-refractivity contribution in [1.82, 2.24) is 0 Å². The van der Waals surface area contributed by atoms with E-state index in [0.29, 0.717) is 11.3 Å². The first-order chi connectivity index (χ1) is 9.51. The number of nitrogens with two attached hydrogens (primary N) is 1. The van der Waals surface area contributed by atoms with Gasteiger partial charge in [0, 0.05) is 11.4 Å². The lowest BCUT2D eigenvalue weighted by molar-refractivity contribution is 0.102. The highest BCUT2D eigenvalue weighted by Crippen LogP contribution is 2.22. The number of hydrogen-bond donors (Lipinski definition) is 2. The number of amides is 1. The minimum atomic E-state index is -0.209. The lowest BCUT2D eigenvalue weighted by Gasteiger charge is -2.11. The molecule has 0 aliphatic heterocycles. The first-order valence-electron chi connectivity index (χ1n) is 6.33. The molecule has 2 aromatic carbocycles. The molecule has 4 nitrogen and oxygen atoms in total. The summed E-state index contributed by atoms with van der Waals surface area (Å²) in [5.74, 6) is 0.551. The van der Waals surface area contributed by atoms with E-state index in [1.807, 2.05) is 38.1 Å². The van der Waals surface area contributed by atoms with Gasteiger partial charge in [-0.15, -0.1) is 0 Å². The number of rotatable bonds is 3. The van der Waals surface area contributed by atoms with E-state index in [4.69, 9.17) is 10.5 Å². The van der Waals surface area contributed by atoms with E-state index in [0.717, 1.165) is 22.6 Å². The van der Waals surface area contributed by atoms with Crippen LogP contribution in [0.5, 0.6) is 5.75 Å². The Morgan fingerprint density at radius 1 is 1.15 bits per heavy atom. The molecule has 2 rings (SSSR count). The maximum Gasteiger partial charge on any atom is 0.257 e. The summed E-state index contributed by atoms with van der Waals surface area (Å²) in [6, 6.07) is 10.9. The zero-order valence-electron chi connectivity index (χ0n) is 11.9. The number of ether oxygens (including phenoxy) is 1. The molecular formula is C16H18N2O2. The largest absolute Gasteiger partial charge is 0.497 e. The van der Waals surface area contributed by atoms with Gasteiger partial charge in [0.2, 0.25) is 0 Å². The van der Waals surface area contributed by atoms with Crippen molar-refractivity contribution in [2.75, 3.05) is 18.2 Å². The smallest absolute Gasteiger partial charge is 0.257 e. The quantitative estimate of drug-likeness (QED) is 0.842. The Hall–Kier alpha value is -2.49. The van der Waals surface area contributed by atoms with Crippen LogP contribution in [0.1, 0.15) is 21.5 Å². The third-order valence-electron chi connectivity index (χ3n) is 3.14. The summed E-state index contributed by atoms with van der Waals surface area (Å²) in [6.07, 6.45) is 0. The van der Waals surface area contributed by atoms with E-state index in [2.05, 4.69) is 5.32 Å². The molecule has 0 atom stereocenters. The fourth-order valence-corrected chi connectivity index (χ4v) is 1.96. The van der Waals surface area contributed by atoms with E-state index in [1.165, 1.54) is 0 Å². The van der Waals surface area contributed by atoms with Gasteiger partial charge >= 0.3 is 0 Å². The Morgan fingerprint density at radius 3 is 2.55 bits per heavy atom. The first kappa shape index (κ1) is 13.9. The SMILES string of the molecule is COc1ccc(NC(=O)c2cc(C)ccc2N)c(C)c1. The third kappa shape index (κ3) is 2.91. The zero-order valence-corrected chi connectivity index (χ0v) is 11.9. The molecule has 3 N–H and O–H groups in total. The fraction of sp³-hybridized carbons (Fsp3) is 0.188. The number of aryl methyl sites for hydroxylation is 2. The average Bonchev–Trinajstić information content (AvgIpc) is 2.43. The Labute approximate surface area is 118 Å². The van der Waals surface area contributed by atoms with Crippen molar-refractivity contribution < 1.29 is 9.53 Å². The summed E-state index contributed by atoms with van der Waals surface area (Å²) in [5, 5.41) is 2.87. The van der Waals surface area contributed by atoms with Gasteiger partial charge in [-0.1, -0.05) is 11.6 Å². The van der Waals surface area contributed by atoms with Crippen molar-refractivity contribution >= 4 is 17.3 Å². The number of carbonyl (C=O) groups excluding carboxylic acids is 1. The molecular weight excluding hydrogens is 252 g/mol. The molecule has 0 radical (unpaired) electrons. The van der Waals surface area contributed by atoms with Crippen LogP contribution in [0.15, 0.2) is 36.4 Å². The number of benzene rings is 2. The summed E-state index contributed by atoms with van der Waals surface area (Å²) in [6.45, 7) is 3.84. The molecule has 1 amide bonds. The molecule has 0 spiro atoms. The molecule has 0 heterocycles. The third-order valence-corrected chi connectivity index (χ3v) is 3.14. The molecule has 0 saturated carbocycles. The van der Waals surface area contributed by atoms with Gasteiger partial charge in [-0.3, -0.25) is 4.79 Å². The van der Waals surface area contributed by atoms with Gasteiger partial charge in [0.1, 0.15) is 5.75 Å². The van der Waals surface area contributed by atoms with Crippen molar-refractivity contribution in [3.05, 3.63) is 53.1 Å². The number of anilines is 2. The van der Waals surface area contributed by atoms with Crippen molar-refractivity contribution in [3.8, 4) is 5.75 Å². The van der Waals surface area contributed by atoms with Crippen molar-refractivity contribution in [2.24, 2.45) is 0 Å². The lowest BCUT2D eigenvalue weighted by atomic mass is 10.1. The molecule has 104 valence electrons. The molecule has 20 heavy (non-hydrogen) atoms. The van der Waals surface area contributed by atoms with E-state index in [-0.39, 0.29) is 5.91 Å². The van der Waals surface area contributed by atoms with Gasteiger partial charge in [-0.2, -0.15) is 0 Å². The Morgan fingerprint density at radius 2 is 1.90 bits per heavy atom. The molecule has 0 aliphatic carbocycles. The maximum absolute atomic E-state index is 12.3. The van der Waals surface area contributed by atoms with Gasteiger partial charge in [0.15, 0.2) is 0 Å². The molecule has 0 bridgehead atoms. The second-order valence-corrected chi connectivity index (χ2v) is 4.73. The minimum Gasteiger partial charge on any atom is -0.497 e. The highest BCUT2D eigenvalue weighted by Gasteiger charge is 2.11. The standard InChI is InChI=1S/C16H18N2O2/c1-10-4-6-14(17)13(8-10)16(19)18-15-7-5-12(20-3)9-11(15)2/h4-9H,17H2,1-3H3,(H,18,19). The number of methoxy groups -OCH3 is 1. The Bertz CT molecular complexity index is 651. The van der Waals surface area contributed by atoms with Gasteiger partial charge in [0.05, 0.1) is 12.7 Å². The van der Waals surface area contributed by atoms with Crippen molar-refractivity contribution in [2.45, 2.75) is 13.8 Å². The maximum atomic E-state index is 12.3. The van der Waals surface area contributed by atoms with Crippen LogP contribution in [0.25, 0.3) is 0 Å². The summed E-state index contributed by atoms with van der Waals surface area (Å²) >= 11 is 0. The van der Waals surface area contributed by atoms with Crippen LogP contribution in [0, 0.1) is 13.8 Å². The molecule has 0 aliphatic rings. The molecule has 2 aromatic rings. The molecule has 0 aromatic heterocycles. The molecule has 0 saturated heterocycles. The number of carbonyl (C=O) groups is 1. The van der Waals surface area contributed by atoms with E-state index in [9.17, 15) is 4.79 Å². The Balaban J connectivity index is 2.25. The van der Waals surface area contributed by atoms with Crippen LogP contribution in [0.4, 0.5) is 11.4 Å². The number of hydrogen-bond acceptors (Lipinski definition) is 3. The topological polar surface area (TPSA) is 64.3 Å². The van der Waals surface area contributed by atoms with Crippen LogP contribution in [-0.4, -0.2) is 13.0 Å². The summed E-state index contributed by atoms with van der Waals surface area (Å²) in [5.41, 5.74) is 9.48. The predicted octanol–water partition coefficient (Wildman–Crippen LogP) is 3.15.